The van der Waals surface area contributed by atoms with Gasteiger partial charge in [0.25, 0.3) is 0 Å². The van der Waals surface area contributed by atoms with Crippen molar-refractivity contribution < 1.29 is 4.52 Å². The van der Waals surface area contributed by atoms with Gasteiger partial charge in [-0.15, -0.1) is 0 Å². The van der Waals surface area contributed by atoms with Crippen molar-refractivity contribution in [3.05, 3.63) is 41.8 Å². The quantitative estimate of drug-likeness (QED) is 0.871. The number of hydrogen-bond donors (Lipinski definition) is 1. The highest BCUT2D eigenvalue weighted by Gasteiger charge is 2.19. The van der Waals surface area contributed by atoms with Gasteiger partial charge in [-0.3, -0.25) is 4.98 Å². The number of nitrogens with one attached hydrogen (secondary N) is 1. The third-order valence-electron chi connectivity index (χ3n) is 3.19. The highest BCUT2D eigenvalue weighted by molar-refractivity contribution is 5.15. The van der Waals surface area contributed by atoms with E-state index in [9.17, 15) is 0 Å². The van der Waals surface area contributed by atoms with Gasteiger partial charge in [0.1, 0.15) is 0 Å². The molecule has 0 aliphatic rings. The Labute approximate surface area is 107 Å². The topological polar surface area (TPSA) is 63.8 Å². The van der Waals surface area contributed by atoms with E-state index in [-0.39, 0.29) is 5.92 Å². The molecule has 0 aromatic carbocycles. The van der Waals surface area contributed by atoms with Crippen LogP contribution in [0.5, 0.6) is 0 Å². The SMILES string of the molecule is CNC(C)C(C)c1nc(Cc2ccncc2)no1. The molecule has 0 fully saturated rings. The molecule has 18 heavy (non-hydrogen) atoms. The van der Waals surface area contributed by atoms with Crippen LogP contribution < -0.4 is 5.32 Å². The van der Waals surface area contributed by atoms with Gasteiger partial charge in [-0.1, -0.05) is 12.1 Å². The van der Waals surface area contributed by atoms with Crippen LogP contribution in [0, 0.1) is 0 Å². The maximum absolute atomic E-state index is 5.30. The lowest BCUT2D eigenvalue weighted by Gasteiger charge is -2.14. The molecule has 96 valence electrons. The first kappa shape index (κ1) is 12.7. The summed E-state index contributed by atoms with van der Waals surface area (Å²) in [7, 11) is 1.93. The molecule has 2 heterocycles. The molecule has 0 saturated heterocycles. The molecule has 5 nitrogen and oxygen atoms in total. The van der Waals surface area contributed by atoms with Crippen LogP contribution in [0.1, 0.15) is 37.0 Å². The van der Waals surface area contributed by atoms with Gasteiger partial charge in [-0.2, -0.15) is 4.98 Å². The van der Waals surface area contributed by atoms with Crippen molar-refractivity contribution in [2.75, 3.05) is 7.05 Å². The van der Waals surface area contributed by atoms with Gasteiger partial charge in [0.15, 0.2) is 5.82 Å². The Balaban J connectivity index is 2.07. The summed E-state index contributed by atoms with van der Waals surface area (Å²) in [5, 5.41) is 7.20. The molecule has 0 amide bonds. The second-order valence-electron chi connectivity index (χ2n) is 4.45. The second-order valence-corrected chi connectivity index (χ2v) is 4.45. The molecule has 0 saturated carbocycles. The van der Waals surface area contributed by atoms with Crippen molar-refractivity contribution >= 4 is 0 Å². The van der Waals surface area contributed by atoms with Crippen molar-refractivity contribution in [2.45, 2.75) is 32.2 Å². The standard InChI is InChI=1S/C13H18N4O/c1-9(10(2)14-3)13-16-12(17-18-13)8-11-4-6-15-7-5-11/h4-7,9-10,14H,8H2,1-3H3. The first-order valence-electron chi connectivity index (χ1n) is 6.09. The number of likely N-dealkylation sites (N-methyl/N-ethyl adjacent to an activating group) is 1. The predicted molar refractivity (Wildman–Crippen MR) is 68.3 cm³/mol. The zero-order valence-electron chi connectivity index (χ0n) is 10.9. The fraction of sp³-hybridized carbons (Fsp3) is 0.462. The van der Waals surface area contributed by atoms with Crippen molar-refractivity contribution in [3.8, 4) is 0 Å². The molecule has 0 spiro atoms. The molecule has 1 N–H and O–H groups in total. The number of hydrogen-bond acceptors (Lipinski definition) is 5. The van der Waals surface area contributed by atoms with Crippen molar-refractivity contribution in [1.29, 1.82) is 0 Å². The Kier molecular flexibility index (Phi) is 4.04. The Hall–Kier alpha value is -1.75. The summed E-state index contributed by atoms with van der Waals surface area (Å²) in [6.45, 7) is 4.17. The molecule has 2 aromatic heterocycles. The fourth-order valence-corrected chi connectivity index (χ4v) is 1.67. The normalized spacial score (nSPS) is 14.4. The number of rotatable bonds is 5. The van der Waals surface area contributed by atoms with Gasteiger partial charge < -0.3 is 9.84 Å². The minimum absolute atomic E-state index is 0.202. The molecular formula is C13H18N4O. The predicted octanol–water partition coefficient (Wildman–Crippen LogP) is 1.77. The van der Waals surface area contributed by atoms with E-state index < -0.39 is 0 Å². The van der Waals surface area contributed by atoms with E-state index >= 15 is 0 Å². The van der Waals surface area contributed by atoms with Crippen molar-refractivity contribution in [1.82, 2.24) is 20.4 Å². The number of nitrogens with zero attached hydrogens (tertiary/aromatic N) is 3. The molecule has 0 radical (unpaired) electrons. The van der Waals surface area contributed by atoms with Crippen LogP contribution in [0.25, 0.3) is 0 Å². The van der Waals surface area contributed by atoms with Crippen LogP contribution in [0.3, 0.4) is 0 Å². The highest BCUT2D eigenvalue weighted by atomic mass is 16.5. The van der Waals surface area contributed by atoms with E-state index in [0.29, 0.717) is 24.2 Å². The van der Waals surface area contributed by atoms with Gasteiger partial charge in [-0.25, -0.2) is 0 Å². The fourth-order valence-electron chi connectivity index (χ4n) is 1.67. The van der Waals surface area contributed by atoms with Crippen LogP contribution in [-0.2, 0) is 6.42 Å². The zero-order valence-corrected chi connectivity index (χ0v) is 10.9. The zero-order chi connectivity index (χ0) is 13.0. The molecule has 2 aromatic rings. The van der Waals surface area contributed by atoms with Crippen LogP contribution in [0.4, 0.5) is 0 Å². The van der Waals surface area contributed by atoms with E-state index in [2.05, 4.69) is 34.3 Å². The average molecular weight is 246 g/mol. The Morgan fingerprint density at radius 3 is 2.67 bits per heavy atom. The molecule has 0 bridgehead atoms. The summed E-state index contributed by atoms with van der Waals surface area (Å²) in [6, 6.07) is 4.21. The summed E-state index contributed by atoms with van der Waals surface area (Å²) in [4.78, 5) is 8.42. The molecule has 2 rings (SSSR count). The van der Waals surface area contributed by atoms with E-state index in [1.807, 2.05) is 19.2 Å². The largest absolute Gasteiger partial charge is 0.339 e. The van der Waals surface area contributed by atoms with Gasteiger partial charge in [0.05, 0.1) is 5.92 Å². The Bertz CT molecular complexity index is 483. The number of pyridine rings is 1. The molecule has 5 heteroatoms. The smallest absolute Gasteiger partial charge is 0.231 e. The average Bonchev–Trinajstić information content (AvgIpc) is 2.86. The van der Waals surface area contributed by atoms with Gasteiger partial charge in [0.2, 0.25) is 5.89 Å². The maximum atomic E-state index is 5.30. The minimum Gasteiger partial charge on any atom is -0.339 e. The number of aromatic nitrogens is 3. The first-order valence-corrected chi connectivity index (χ1v) is 6.09. The van der Waals surface area contributed by atoms with Crippen LogP contribution in [0.2, 0.25) is 0 Å². The Morgan fingerprint density at radius 2 is 2.00 bits per heavy atom. The maximum Gasteiger partial charge on any atom is 0.231 e. The third-order valence-corrected chi connectivity index (χ3v) is 3.19. The van der Waals surface area contributed by atoms with E-state index in [1.165, 1.54) is 0 Å². The summed E-state index contributed by atoms with van der Waals surface area (Å²) in [6.07, 6.45) is 4.21. The third kappa shape index (κ3) is 2.92. The summed E-state index contributed by atoms with van der Waals surface area (Å²) >= 11 is 0. The molecular weight excluding hydrogens is 228 g/mol. The van der Waals surface area contributed by atoms with Crippen molar-refractivity contribution in [3.63, 3.8) is 0 Å². The molecule has 2 atom stereocenters. The van der Waals surface area contributed by atoms with Gasteiger partial charge in [-0.05, 0) is 31.7 Å². The van der Waals surface area contributed by atoms with Crippen LogP contribution in [0.15, 0.2) is 29.0 Å². The first-order chi connectivity index (χ1) is 8.70. The lowest BCUT2D eigenvalue weighted by atomic mass is 10.0. The Morgan fingerprint density at radius 1 is 1.28 bits per heavy atom. The monoisotopic (exact) mass is 246 g/mol. The molecule has 0 aliphatic heterocycles. The second kappa shape index (κ2) is 5.73. The highest BCUT2D eigenvalue weighted by Crippen LogP contribution is 2.17. The van der Waals surface area contributed by atoms with Gasteiger partial charge in [0, 0.05) is 24.9 Å². The van der Waals surface area contributed by atoms with E-state index in [0.717, 1.165) is 5.56 Å². The van der Waals surface area contributed by atoms with E-state index in [1.54, 1.807) is 12.4 Å². The summed E-state index contributed by atoms with van der Waals surface area (Å²) in [5.41, 5.74) is 1.13. The molecule has 0 aliphatic carbocycles. The van der Waals surface area contributed by atoms with E-state index in [4.69, 9.17) is 4.52 Å². The lowest BCUT2D eigenvalue weighted by Crippen LogP contribution is -2.27. The minimum atomic E-state index is 0.202. The molecule has 2 unspecified atom stereocenters. The van der Waals surface area contributed by atoms with Gasteiger partial charge >= 0.3 is 0 Å². The van der Waals surface area contributed by atoms with Crippen molar-refractivity contribution in [2.24, 2.45) is 0 Å². The van der Waals surface area contributed by atoms with Crippen LogP contribution >= 0.6 is 0 Å². The lowest BCUT2D eigenvalue weighted by molar-refractivity contribution is 0.333. The summed E-state index contributed by atoms with van der Waals surface area (Å²) in [5.74, 6) is 1.60. The summed E-state index contributed by atoms with van der Waals surface area (Å²) < 4.78 is 5.30. The van der Waals surface area contributed by atoms with Crippen LogP contribution in [-0.4, -0.2) is 28.2 Å².